The van der Waals surface area contributed by atoms with Crippen molar-refractivity contribution in [3.05, 3.63) is 30.9 Å². The number of methoxy groups -OCH3 is 2. The van der Waals surface area contributed by atoms with Crippen LogP contribution in [0.5, 0.6) is 11.5 Å². The lowest BCUT2D eigenvalue weighted by molar-refractivity contribution is 0.355. The zero-order valence-corrected chi connectivity index (χ0v) is 11.1. The van der Waals surface area contributed by atoms with Crippen molar-refractivity contribution in [2.75, 3.05) is 31.8 Å². The third-order valence-corrected chi connectivity index (χ3v) is 2.80. The molecule has 19 heavy (non-hydrogen) atoms. The number of hydrogen-bond donors (Lipinski definition) is 2. The minimum Gasteiger partial charge on any atom is -0.493 e. The molecule has 0 saturated heterocycles. The van der Waals surface area contributed by atoms with E-state index in [0.717, 1.165) is 18.8 Å². The Hall–Kier alpha value is -2.37. The van der Waals surface area contributed by atoms with Gasteiger partial charge in [-0.2, -0.15) is 0 Å². The Bertz CT molecular complexity index is 526. The van der Waals surface area contributed by atoms with Gasteiger partial charge in [0.15, 0.2) is 11.5 Å². The summed E-state index contributed by atoms with van der Waals surface area (Å²) in [4.78, 5) is 3.99. The van der Waals surface area contributed by atoms with Gasteiger partial charge in [0, 0.05) is 37.6 Å². The molecule has 1 heterocycles. The topological polar surface area (TPSA) is 74.3 Å². The number of ether oxygens (including phenoxy) is 2. The number of benzene rings is 1. The monoisotopic (exact) mass is 262 g/mol. The van der Waals surface area contributed by atoms with Crippen LogP contribution < -0.4 is 20.5 Å². The smallest absolute Gasteiger partial charge is 0.162 e. The van der Waals surface area contributed by atoms with Crippen LogP contribution in [0.1, 0.15) is 0 Å². The van der Waals surface area contributed by atoms with E-state index in [1.807, 2.05) is 16.8 Å². The molecule has 0 spiro atoms. The summed E-state index contributed by atoms with van der Waals surface area (Å²) in [5.74, 6) is 1.28. The summed E-state index contributed by atoms with van der Waals surface area (Å²) in [5, 5.41) is 3.27. The summed E-state index contributed by atoms with van der Waals surface area (Å²) in [6, 6.07) is 3.58. The fourth-order valence-corrected chi connectivity index (χ4v) is 1.79. The van der Waals surface area contributed by atoms with Gasteiger partial charge in [0.25, 0.3) is 0 Å². The van der Waals surface area contributed by atoms with Crippen LogP contribution in [-0.4, -0.2) is 30.3 Å². The first-order chi connectivity index (χ1) is 9.24. The molecule has 0 unspecified atom stereocenters. The molecule has 0 aliphatic rings. The largest absolute Gasteiger partial charge is 0.493 e. The highest BCUT2D eigenvalue weighted by Crippen LogP contribution is 2.34. The number of nitrogens with two attached hydrogens (primary N) is 1. The van der Waals surface area contributed by atoms with Gasteiger partial charge in [-0.05, 0) is 0 Å². The fourth-order valence-electron chi connectivity index (χ4n) is 1.79. The molecular weight excluding hydrogens is 244 g/mol. The van der Waals surface area contributed by atoms with Gasteiger partial charge >= 0.3 is 0 Å². The van der Waals surface area contributed by atoms with Crippen molar-refractivity contribution in [3.63, 3.8) is 0 Å². The number of aromatic nitrogens is 2. The van der Waals surface area contributed by atoms with Gasteiger partial charge in [0.1, 0.15) is 0 Å². The van der Waals surface area contributed by atoms with E-state index in [4.69, 9.17) is 15.2 Å². The van der Waals surface area contributed by atoms with E-state index < -0.39 is 0 Å². The highest BCUT2D eigenvalue weighted by molar-refractivity contribution is 5.71. The SMILES string of the molecule is COc1cc(N)c(NCCn2ccnc2)cc1OC. The molecule has 0 amide bonds. The second-order valence-corrected chi connectivity index (χ2v) is 4.02. The number of nitrogens with one attached hydrogen (secondary N) is 1. The second kappa shape index (κ2) is 5.99. The molecule has 2 rings (SSSR count). The summed E-state index contributed by atoms with van der Waals surface area (Å²) in [6.07, 6.45) is 5.45. The van der Waals surface area contributed by atoms with Crippen molar-refractivity contribution in [2.45, 2.75) is 6.54 Å². The predicted molar refractivity (Wildman–Crippen MR) is 74.7 cm³/mol. The van der Waals surface area contributed by atoms with Crippen molar-refractivity contribution in [1.82, 2.24) is 9.55 Å². The van der Waals surface area contributed by atoms with Gasteiger partial charge in [0.05, 0.1) is 31.9 Å². The summed E-state index contributed by atoms with van der Waals surface area (Å²) in [5.41, 5.74) is 7.42. The van der Waals surface area contributed by atoms with Crippen molar-refractivity contribution in [3.8, 4) is 11.5 Å². The molecule has 1 aromatic carbocycles. The minimum atomic E-state index is 0.625. The summed E-state index contributed by atoms with van der Waals surface area (Å²) < 4.78 is 12.4. The second-order valence-electron chi connectivity index (χ2n) is 4.02. The predicted octanol–water partition coefficient (Wildman–Crippen LogP) is 1.59. The molecule has 1 aromatic heterocycles. The molecule has 0 atom stereocenters. The Labute approximate surface area is 112 Å². The highest BCUT2D eigenvalue weighted by atomic mass is 16.5. The Balaban J connectivity index is 2.03. The number of imidazole rings is 1. The Morgan fingerprint density at radius 2 is 2.00 bits per heavy atom. The average Bonchev–Trinajstić information content (AvgIpc) is 2.93. The number of rotatable bonds is 6. The highest BCUT2D eigenvalue weighted by Gasteiger charge is 2.08. The maximum atomic E-state index is 5.96. The van der Waals surface area contributed by atoms with Crippen molar-refractivity contribution in [2.24, 2.45) is 0 Å². The van der Waals surface area contributed by atoms with Crippen LogP contribution in [0.25, 0.3) is 0 Å². The summed E-state index contributed by atoms with van der Waals surface area (Å²) >= 11 is 0. The van der Waals surface area contributed by atoms with E-state index in [2.05, 4.69) is 10.3 Å². The zero-order valence-electron chi connectivity index (χ0n) is 11.1. The summed E-state index contributed by atoms with van der Waals surface area (Å²) in [6.45, 7) is 1.56. The lowest BCUT2D eigenvalue weighted by atomic mass is 10.2. The first kappa shape index (κ1) is 13.1. The van der Waals surface area contributed by atoms with Crippen LogP contribution in [0, 0.1) is 0 Å². The van der Waals surface area contributed by atoms with Crippen LogP contribution in [-0.2, 0) is 6.54 Å². The van der Waals surface area contributed by atoms with Crippen LogP contribution >= 0.6 is 0 Å². The number of anilines is 2. The average molecular weight is 262 g/mol. The van der Waals surface area contributed by atoms with E-state index in [0.29, 0.717) is 17.2 Å². The van der Waals surface area contributed by atoms with E-state index in [1.165, 1.54) is 0 Å². The van der Waals surface area contributed by atoms with Crippen LogP contribution in [0.4, 0.5) is 11.4 Å². The molecule has 102 valence electrons. The number of nitrogens with zero attached hydrogens (tertiary/aromatic N) is 2. The van der Waals surface area contributed by atoms with Gasteiger partial charge in [0.2, 0.25) is 0 Å². The lowest BCUT2D eigenvalue weighted by Gasteiger charge is -2.14. The van der Waals surface area contributed by atoms with Gasteiger partial charge < -0.3 is 25.1 Å². The molecule has 0 aliphatic heterocycles. The third kappa shape index (κ3) is 3.09. The Morgan fingerprint density at radius 3 is 2.63 bits per heavy atom. The van der Waals surface area contributed by atoms with Crippen LogP contribution in [0.2, 0.25) is 0 Å². The first-order valence-electron chi connectivity index (χ1n) is 5.95. The molecule has 6 nitrogen and oxygen atoms in total. The van der Waals surface area contributed by atoms with E-state index >= 15 is 0 Å². The molecule has 0 saturated carbocycles. The van der Waals surface area contributed by atoms with Gasteiger partial charge in [-0.3, -0.25) is 0 Å². The zero-order chi connectivity index (χ0) is 13.7. The molecule has 0 radical (unpaired) electrons. The molecule has 0 bridgehead atoms. The first-order valence-corrected chi connectivity index (χ1v) is 5.95. The Morgan fingerprint density at radius 1 is 1.26 bits per heavy atom. The molecule has 0 aliphatic carbocycles. The van der Waals surface area contributed by atoms with Crippen molar-refractivity contribution < 1.29 is 9.47 Å². The van der Waals surface area contributed by atoms with Crippen LogP contribution in [0.15, 0.2) is 30.9 Å². The van der Waals surface area contributed by atoms with Gasteiger partial charge in [-0.25, -0.2) is 4.98 Å². The maximum Gasteiger partial charge on any atom is 0.162 e. The van der Waals surface area contributed by atoms with Gasteiger partial charge in [-0.1, -0.05) is 0 Å². The Kier molecular flexibility index (Phi) is 4.12. The fraction of sp³-hybridized carbons (Fsp3) is 0.308. The minimum absolute atomic E-state index is 0.625. The van der Waals surface area contributed by atoms with Gasteiger partial charge in [-0.15, -0.1) is 0 Å². The quantitative estimate of drug-likeness (QED) is 0.773. The van der Waals surface area contributed by atoms with Crippen molar-refractivity contribution >= 4 is 11.4 Å². The van der Waals surface area contributed by atoms with E-state index in [-0.39, 0.29) is 0 Å². The molecule has 3 N–H and O–H groups in total. The van der Waals surface area contributed by atoms with Crippen molar-refractivity contribution in [1.29, 1.82) is 0 Å². The third-order valence-electron chi connectivity index (χ3n) is 2.80. The van der Waals surface area contributed by atoms with E-state index in [9.17, 15) is 0 Å². The molecule has 2 aromatic rings. The lowest BCUT2D eigenvalue weighted by Crippen LogP contribution is -2.10. The van der Waals surface area contributed by atoms with E-state index in [1.54, 1.807) is 32.8 Å². The van der Waals surface area contributed by atoms with Crippen LogP contribution in [0.3, 0.4) is 0 Å². The standard InChI is InChI=1S/C13H18N4O2/c1-18-12-7-10(14)11(8-13(12)19-2)16-4-6-17-5-3-15-9-17/h3,5,7-9,16H,4,6,14H2,1-2H3. The summed E-state index contributed by atoms with van der Waals surface area (Å²) in [7, 11) is 3.19. The molecule has 0 fully saturated rings. The molecular formula is C13H18N4O2. The maximum absolute atomic E-state index is 5.96. The molecule has 6 heteroatoms. The number of hydrogen-bond acceptors (Lipinski definition) is 5. The number of nitrogen functional groups attached to an aromatic ring is 1. The normalized spacial score (nSPS) is 10.2.